The molecular formula is C15H12ClNO3. The normalized spacial score (nSPS) is 13.7. The fourth-order valence-corrected chi connectivity index (χ4v) is 2.26. The monoisotopic (exact) mass is 289 g/mol. The van der Waals surface area contributed by atoms with Crippen LogP contribution >= 0.6 is 11.6 Å². The van der Waals surface area contributed by atoms with Gasteiger partial charge in [0.15, 0.2) is 17.3 Å². The summed E-state index contributed by atoms with van der Waals surface area (Å²) in [6.07, 6.45) is 3.95. The predicted octanol–water partition coefficient (Wildman–Crippen LogP) is 3.13. The van der Waals surface area contributed by atoms with Gasteiger partial charge in [-0.2, -0.15) is 0 Å². The number of aromatic nitrogens is 1. The van der Waals surface area contributed by atoms with E-state index >= 15 is 0 Å². The van der Waals surface area contributed by atoms with E-state index in [0.717, 1.165) is 6.42 Å². The van der Waals surface area contributed by atoms with E-state index in [4.69, 9.17) is 21.1 Å². The van der Waals surface area contributed by atoms with Crippen molar-refractivity contribution in [2.45, 2.75) is 6.42 Å². The molecule has 0 saturated heterocycles. The van der Waals surface area contributed by atoms with Gasteiger partial charge in [0.1, 0.15) is 0 Å². The summed E-state index contributed by atoms with van der Waals surface area (Å²) in [4.78, 5) is 16.3. The molecule has 0 unspecified atom stereocenters. The second-order valence-corrected chi connectivity index (χ2v) is 4.80. The van der Waals surface area contributed by atoms with Gasteiger partial charge in [-0.05, 0) is 18.2 Å². The van der Waals surface area contributed by atoms with Gasteiger partial charge in [0, 0.05) is 36.0 Å². The molecule has 0 amide bonds. The summed E-state index contributed by atoms with van der Waals surface area (Å²) in [5.74, 6) is 0.983. The Balaban J connectivity index is 2.02. The van der Waals surface area contributed by atoms with Gasteiger partial charge in [0.05, 0.1) is 18.2 Å². The van der Waals surface area contributed by atoms with Crippen LogP contribution in [0.3, 0.4) is 0 Å². The standard InChI is InChI=1S/C15H12ClNO3/c16-12-9-14-13(19-6-1-7-20-14)8-11(12)15(18)10-2-4-17-5-3-10/h2-5,8-9H,1,6-7H2. The molecule has 0 radical (unpaired) electrons. The van der Waals surface area contributed by atoms with Crippen LogP contribution in [0.15, 0.2) is 36.7 Å². The van der Waals surface area contributed by atoms with Crippen LogP contribution in [0.4, 0.5) is 0 Å². The molecule has 5 heteroatoms. The van der Waals surface area contributed by atoms with Crippen molar-refractivity contribution in [2.24, 2.45) is 0 Å². The Morgan fingerprint density at radius 3 is 2.45 bits per heavy atom. The van der Waals surface area contributed by atoms with Crippen LogP contribution in [-0.4, -0.2) is 24.0 Å². The highest BCUT2D eigenvalue weighted by molar-refractivity contribution is 6.35. The topological polar surface area (TPSA) is 48.4 Å². The summed E-state index contributed by atoms with van der Waals surface area (Å²) in [7, 11) is 0. The first kappa shape index (κ1) is 12.9. The average Bonchev–Trinajstić information content (AvgIpc) is 2.71. The minimum absolute atomic E-state index is 0.159. The van der Waals surface area contributed by atoms with Gasteiger partial charge in [-0.1, -0.05) is 11.6 Å². The third-order valence-electron chi connectivity index (χ3n) is 3.02. The molecule has 20 heavy (non-hydrogen) atoms. The van der Waals surface area contributed by atoms with Crippen LogP contribution in [0.25, 0.3) is 0 Å². The Morgan fingerprint density at radius 1 is 1.10 bits per heavy atom. The quantitative estimate of drug-likeness (QED) is 0.797. The number of nitrogens with zero attached hydrogens (tertiary/aromatic N) is 1. The fraction of sp³-hybridized carbons (Fsp3) is 0.200. The molecule has 1 aromatic heterocycles. The van der Waals surface area contributed by atoms with Gasteiger partial charge >= 0.3 is 0 Å². The second kappa shape index (κ2) is 5.51. The maximum atomic E-state index is 12.4. The number of hydrogen-bond acceptors (Lipinski definition) is 4. The molecular weight excluding hydrogens is 278 g/mol. The maximum Gasteiger partial charge on any atom is 0.194 e. The van der Waals surface area contributed by atoms with E-state index in [2.05, 4.69) is 4.98 Å². The van der Waals surface area contributed by atoms with Crippen molar-refractivity contribution in [3.05, 3.63) is 52.8 Å². The van der Waals surface area contributed by atoms with Crippen LogP contribution in [0.5, 0.6) is 11.5 Å². The molecule has 1 aliphatic rings. The molecule has 3 rings (SSSR count). The molecule has 0 saturated carbocycles. The number of ether oxygens (including phenoxy) is 2. The van der Waals surface area contributed by atoms with Gasteiger partial charge in [0.2, 0.25) is 0 Å². The number of pyridine rings is 1. The molecule has 0 aliphatic carbocycles. The van der Waals surface area contributed by atoms with Gasteiger partial charge in [0.25, 0.3) is 0 Å². The highest BCUT2D eigenvalue weighted by Gasteiger charge is 2.19. The molecule has 0 spiro atoms. The van der Waals surface area contributed by atoms with Crippen LogP contribution in [-0.2, 0) is 0 Å². The number of carbonyl (C=O) groups excluding carboxylic acids is 1. The van der Waals surface area contributed by atoms with Crippen molar-refractivity contribution in [3.8, 4) is 11.5 Å². The summed E-state index contributed by atoms with van der Waals surface area (Å²) in [6.45, 7) is 1.15. The van der Waals surface area contributed by atoms with E-state index < -0.39 is 0 Å². The number of fused-ring (bicyclic) bond motifs is 1. The van der Waals surface area contributed by atoms with Crippen LogP contribution < -0.4 is 9.47 Å². The number of benzene rings is 1. The van der Waals surface area contributed by atoms with Crippen molar-refractivity contribution >= 4 is 17.4 Å². The lowest BCUT2D eigenvalue weighted by atomic mass is 10.0. The molecule has 2 heterocycles. The molecule has 4 nitrogen and oxygen atoms in total. The number of ketones is 1. The Labute approximate surface area is 121 Å². The van der Waals surface area contributed by atoms with E-state index in [-0.39, 0.29) is 5.78 Å². The summed E-state index contributed by atoms with van der Waals surface area (Å²) >= 11 is 6.19. The second-order valence-electron chi connectivity index (χ2n) is 4.39. The van der Waals surface area contributed by atoms with Crippen LogP contribution in [0.2, 0.25) is 5.02 Å². The first-order chi connectivity index (χ1) is 9.75. The Kier molecular flexibility index (Phi) is 3.56. The minimum atomic E-state index is -0.159. The summed E-state index contributed by atoms with van der Waals surface area (Å²) < 4.78 is 11.1. The van der Waals surface area contributed by atoms with Crippen molar-refractivity contribution in [3.63, 3.8) is 0 Å². The summed E-state index contributed by atoms with van der Waals surface area (Å²) in [5, 5.41) is 0.357. The molecule has 2 aromatic rings. The number of hydrogen-bond donors (Lipinski definition) is 0. The summed E-state index contributed by atoms with van der Waals surface area (Å²) in [5.41, 5.74) is 0.943. The van der Waals surface area contributed by atoms with E-state index in [1.165, 1.54) is 0 Å². The third-order valence-corrected chi connectivity index (χ3v) is 3.34. The Hall–Kier alpha value is -2.07. The van der Waals surface area contributed by atoms with E-state index in [0.29, 0.717) is 40.9 Å². The number of halogens is 1. The van der Waals surface area contributed by atoms with Gasteiger partial charge in [-0.3, -0.25) is 9.78 Å². The molecule has 0 fully saturated rings. The van der Waals surface area contributed by atoms with E-state index in [1.54, 1.807) is 36.7 Å². The van der Waals surface area contributed by atoms with E-state index in [9.17, 15) is 4.79 Å². The van der Waals surface area contributed by atoms with Crippen LogP contribution in [0.1, 0.15) is 22.3 Å². The van der Waals surface area contributed by atoms with Crippen molar-refractivity contribution in [1.29, 1.82) is 0 Å². The molecule has 102 valence electrons. The molecule has 0 N–H and O–H groups in total. The predicted molar refractivity (Wildman–Crippen MR) is 74.7 cm³/mol. The number of rotatable bonds is 2. The smallest absolute Gasteiger partial charge is 0.194 e. The first-order valence-electron chi connectivity index (χ1n) is 6.29. The SMILES string of the molecule is O=C(c1ccncc1)c1cc2c(cc1Cl)OCCCO2. The molecule has 0 atom stereocenters. The zero-order chi connectivity index (χ0) is 13.9. The minimum Gasteiger partial charge on any atom is -0.490 e. The lowest BCUT2D eigenvalue weighted by Crippen LogP contribution is -2.03. The fourth-order valence-electron chi connectivity index (χ4n) is 2.02. The largest absolute Gasteiger partial charge is 0.490 e. The first-order valence-corrected chi connectivity index (χ1v) is 6.67. The maximum absolute atomic E-state index is 12.4. The molecule has 1 aliphatic heterocycles. The highest BCUT2D eigenvalue weighted by atomic mass is 35.5. The van der Waals surface area contributed by atoms with Crippen LogP contribution in [0, 0.1) is 0 Å². The highest BCUT2D eigenvalue weighted by Crippen LogP contribution is 2.35. The van der Waals surface area contributed by atoms with Gasteiger partial charge in [-0.25, -0.2) is 0 Å². The third kappa shape index (κ3) is 2.47. The average molecular weight is 290 g/mol. The lowest BCUT2D eigenvalue weighted by molar-refractivity contribution is 0.103. The molecule has 1 aromatic carbocycles. The van der Waals surface area contributed by atoms with Crippen molar-refractivity contribution in [2.75, 3.05) is 13.2 Å². The lowest BCUT2D eigenvalue weighted by Gasteiger charge is -2.10. The Morgan fingerprint density at radius 2 is 1.75 bits per heavy atom. The zero-order valence-electron chi connectivity index (χ0n) is 10.6. The summed E-state index contributed by atoms with van der Waals surface area (Å²) in [6, 6.07) is 6.59. The molecule has 0 bridgehead atoms. The number of carbonyl (C=O) groups is 1. The van der Waals surface area contributed by atoms with Gasteiger partial charge < -0.3 is 9.47 Å². The Bertz CT molecular complexity index is 643. The van der Waals surface area contributed by atoms with Crippen molar-refractivity contribution in [1.82, 2.24) is 4.98 Å². The van der Waals surface area contributed by atoms with Crippen molar-refractivity contribution < 1.29 is 14.3 Å². The van der Waals surface area contributed by atoms with E-state index in [1.807, 2.05) is 0 Å². The van der Waals surface area contributed by atoms with Gasteiger partial charge in [-0.15, -0.1) is 0 Å². The zero-order valence-corrected chi connectivity index (χ0v) is 11.4.